The first kappa shape index (κ1) is 18.1. The van der Waals surface area contributed by atoms with E-state index >= 15 is 0 Å². The van der Waals surface area contributed by atoms with Crippen molar-refractivity contribution in [2.45, 2.75) is 11.4 Å². The van der Waals surface area contributed by atoms with Crippen LogP contribution < -0.4 is 5.32 Å². The third-order valence-corrected chi connectivity index (χ3v) is 4.25. The number of carbonyl (C=O) groups excluding carboxylic acids is 1. The van der Waals surface area contributed by atoms with Gasteiger partial charge in [0.1, 0.15) is 10.3 Å². The van der Waals surface area contributed by atoms with Gasteiger partial charge in [0.05, 0.1) is 12.2 Å². The molecule has 4 nitrogen and oxygen atoms in total. The summed E-state index contributed by atoms with van der Waals surface area (Å²) >= 11 is 13.4. The summed E-state index contributed by atoms with van der Waals surface area (Å²) in [5, 5.41) is 3.63. The summed E-state index contributed by atoms with van der Waals surface area (Å²) in [6.07, 6.45) is 1.98. The smallest absolute Gasteiger partial charge is 0.238 e. The van der Waals surface area contributed by atoms with E-state index in [1.54, 1.807) is 23.9 Å². The third-order valence-electron chi connectivity index (χ3n) is 3.07. The van der Waals surface area contributed by atoms with Gasteiger partial charge in [0.2, 0.25) is 5.91 Å². The number of nitrogens with zero attached hydrogens (tertiary/aromatic N) is 2. The minimum atomic E-state index is -0.0692. The molecule has 2 aromatic rings. The second-order valence-electron chi connectivity index (χ2n) is 5.04. The van der Waals surface area contributed by atoms with Crippen LogP contribution in [-0.4, -0.2) is 35.6 Å². The highest BCUT2D eigenvalue weighted by Crippen LogP contribution is 2.24. The van der Waals surface area contributed by atoms with Gasteiger partial charge >= 0.3 is 0 Å². The van der Waals surface area contributed by atoms with Gasteiger partial charge in [-0.2, -0.15) is 0 Å². The van der Waals surface area contributed by atoms with Crippen molar-refractivity contribution in [1.29, 1.82) is 0 Å². The molecule has 1 heterocycles. The molecular weight excluding hydrogens is 353 g/mol. The van der Waals surface area contributed by atoms with Gasteiger partial charge in [0, 0.05) is 11.4 Å². The Bertz CT molecular complexity index is 677. The molecule has 0 aliphatic carbocycles. The van der Waals surface area contributed by atoms with E-state index in [4.69, 9.17) is 23.2 Å². The highest BCUT2D eigenvalue weighted by molar-refractivity contribution is 7.98. The fourth-order valence-corrected chi connectivity index (χ4v) is 3.22. The van der Waals surface area contributed by atoms with Crippen LogP contribution in [0.3, 0.4) is 0 Å². The van der Waals surface area contributed by atoms with Gasteiger partial charge in [0.15, 0.2) is 0 Å². The predicted molar refractivity (Wildman–Crippen MR) is 97.4 cm³/mol. The van der Waals surface area contributed by atoms with Crippen molar-refractivity contribution in [2.24, 2.45) is 0 Å². The van der Waals surface area contributed by atoms with Crippen molar-refractivity contribution in [2.75, 3.05) is 25.2 Å². The van der Waals surface area contributed by atoms with Crippen LogP contribution >= 0.6 is 35.0 Å². The number of hydrogen-bond acceptors (Lipinski definition) is 4. The first-order valence-corrected chi connectivity index (χ1v) is 8.89. The molecule has 0 spiro atoms. The maximum atomic E-state index is 12.2. The fourth-order valence-electron chi connectivity index (χ4n) is 2.16. The largest absolute Gasteiger partial charge is 0.324 e. The highest BCUT2D eigenvalue weighted by atomic mass is 35.5. The van der Waals surface area contributed by atoms with Gasteiger partial charge in [-0.25, -0.2) is 4.98 Å². The average molecular weight is 370 g/mol. The van der Waals surface area contributed by atoms with Crippen LogP contribution in [0.2, 0.25) is 10.3 Å². The fraction of sp³-hybridized carbons (Fsp3) is 0.250. The lowest BCUT2D eigenvalue weighted by Gasteiger charge is -2.17. The molecule has 0 radical (unpaired) electrons. The number of thioether (sulfide) groups is 1. The minimum absolute atomic E-state index is 0.0692. The summed E-state index contributed by atoms with van der Waals surface area (Å²) in [7, 11) is 1.86. The molecule has 7 heteroatoms. The quantitative estimate of drug-likeness (QED) is 0.612. The molecule has 0 aliphatic rings. The number of nitrogens with one attached hydrogen (secondary N) is 1. The van der Waals surface area contributed by atoms with E-state index in [1.807, 2.05) is 42.5 Å². The van der Waals surface area contributed by atoms with Gasteiger partial charge in [-0.3, -0.25) is 9.69 Å². The number of halogens is 2. The molecule has 1 aromatic carbocycles. The zero-order valence-electron chi connectivity index (χ0n) is 12.8. The molecule has 23 heavy (non-hydrogen) atoms. The van der Waals surface area contributed by atoms with Crippen LogP contribution in [0.1, 0.15) is 5.56 Å². The number of likely N-dealkylation sites (N-methyl/N-ethyl adjacent to an activating group) is 1. The van der Waals surface area contributed by atoms with E-state index in [2.05, 4.69) is 10.3 Å². The number of hydrogen-bond donors (Lipinski definition) is 1. The van der Waals surface area contributed by atoms with Gasteiger partial charge in [-0.15, -0.1) is 11.8 Å². The zero-order chi connectivity index (χ0) is 16.8. The minimum Gasteiger partial charge on any atom is -0.324 e. The van der Waals surface area contributed by atoms with E-state index in [9.17, 15) is 4.79 Å². The van der Waals surface area contributed by atoms with Crippen molar-refractivity contribution in [1.82, 2.24) is 9.88 Å². The molecule has 1 amide bonds. The van der Waals surface area contributed by atoms with Crippen LogP contribution in [0.5, 0.6) is 0 Å². The van der Waals surface area contributed by atoms with E-state index < -0.39 is 0 Å². The Morgan fingerprint density at radius 2 is 1.91 bits per heavy atom. The van der Waals surface area contributed by atoms with E-state index in [1.165, 1.54) is 0 Å². The summed E-state index contributed by atoms with van der Waals surface area (Å²) in [6, 6.07) is 11.2. The highest BCUT2D eigenvalue weighted by Gasteiger charge is 2.10. The van der Waals surface area contributed by atoms with Crippen LogP contribution in [0, 0.1) is 0 Å². The zero-order valence-corrected chi connectivity index (χ0v) is 15.2. The van der Waals surface area contributed by atoms with Gasteiger partial charge < -0.3 is 5.32 Å². The SMILES string of the molecule is CSc1ccccc1NC(=O)CN(C)Cc1cc(Cl)nc(Cl)c1. The Morgan fingerprint density at radius 1 is 1.26 bits per heavy atom. The molecular formula is C16H17Cl2N3OS. The summed E-state index contributed by atoms with van der Waals surface area (Å²) in [5.41, 5.74) is 1.74. The molecule has 0 atom stereocenters. The van der Waals surface area contributed by atoms with E-state index in [0.717, 1.165) is 16.1 Å². The van der Waals surface area contributed by atoms with Crippen molar-refractivity contribution in [3.63, 3.8) is 0 Å². The molecule has 1 aromatic heterocycles. The average Bonchev–Trinajstić information content (AvgIpc) is 2.46. The number of benzene rings is 1. The maximum Gasteiger partial charge on any atom is 0.238 e. The molecule has 0 bridgehead atoms. The van der Waals surface area contributed by atoms with Crippen molar-refractivity contribution < 1.29 is 4.79 Å². The van der Waals surface area contributed by atoms with Crippen LogP contribution in [0.15, 0.2) is 41.3 Å². The first-order valence-electron chi connectivity index (χ1n) is 6.91. The molecule has 0 fully saturated rings. The molecule has 0 saturated carbocycles. The Labute approximate surface area is 150 Å². The second kappa shape index (κ2) is 8.55. The normalized spacial score (nSPS) is 10.8. The number of amides is 1. The van der Waals surface area contributed by atoms with E-state index in [-0.39, 0.29) is 12.5 Å². The summed E-state index contributed by atoms with van der Waals surface area (Å²) in [6.45, 7) is 0.819. The van der Waals surface area contributed by atoms with E-state index in [0.29, 0.717) is 16.9 Å². The van der Waals surface area contributed by atoms with Gasteiger partial charge in [-0.05, 0) is 43.1 Å². The second-order valence-corrected chi connectivity index (χ2v) is 6.66. The molecule has 0 aliphatic heterocycles. The van der Waals surface area contributed by atoms with Gasteiger partial charge in [-0.1, -0.05) is 35.3 Å². The Morgan fingerprint density at radius 3 is 2.57 bits per heavy atom. The Balaban J connectivity index is 1.94. The lowest BCUT2D eigenvalue weighted by atomic mass is 10.2. The Kier molecular flexibility index (Phi) is 6.72. The van der Waals surface area contributed by atoms with Crippen LogP contribution in [0.4, 0.5) is 5.69 Å². The molecule has 122 valence electrons. The molecule has 1 N–H and O–H groups in total. The number of anilines is 1. The molecule has 2 rings (SSSR count). The number of rotatable bonds is 6. The Hall–Kier alpha value is -1.27. The van der Waals surface area contributed by atoms with Crippen molar-refractivity contribution in [3.8, 4) is 0 Å². The summed E-state index contributed by atoms with van der Waals surface area (Å²) < 4.78 is 0. The number of aromatic nitrogens is 1. The summed E-state index contributed by atoms with van der Waals surface area (Å²) in [4.78, 5) is 19.0. The number of carbonyl (C=O) groups is 1. The monoisotopic (exact) mass is 369 g/mol. The first-order chi connectivity index (χ1) is 11.0. The van der Waals surface area contributed by atoms with Crippen molar-refractivity contribution >= 4 is 46.6 Å². The predicted octanol–water partition coefficient (Wildman–Crippen LogP) is 4.18. The van der Waals surface area contributed by atoms with Crippen LogP contribution in [-0.2, 0) is 11.3 Å². The standard InChI is InChI=1S/C16H17Cl2N3OS/c1-21(9-11-7-14(17)20-15(18)8-11)10-16(22)19-12-5-3-4-6-13(12)23-2/h3-8H,9-10H2,1-2H3,(H,19,22). The lowest BCUT2D eigenvalue weighted by Crippen LogP contribution is -2.30. The van der Waals surface area contributed by atoms with Crippen LogP contribution in [0.25, 0.3) is 0 Å². The lowest BCUT2D eigenvalue weighted by molar-refractivity contribution is -0.117. The maximum absolute atomic E-state index is 12.2. The number of para-hydroxylation sites is 1. The molecule has 0 unspecified atom stereocenters. The molecule has 0 saturated heterocycles. The summed E-state index contributed by atoms with van der Waals surface area (Å²) in [5.74, 6) is -0.0692. The topological polar surface area (TPSA) is 45.2 Å². The van der Waals surface area contributed by atoms with Gasteiger partial charge in [0.25, 0.3) is 0 Å². The van der Waals surface area contributed by atoms with Crippen molar-refractivity contribution in [3.05, 3.63) is 52.3 Å². The number of pyridine rings is 1. The third kappa shape index (κ3) is 5.70.